The second kappa shape index (κ2) is 5.66. The third-order valence-corrected chi connectivity index (χ3v) is 4.85. The smallest absolute Gasteiger partial charge is 0.319 e. The predicted octanol–water partition coefficient (Wildman–Crippen LogP) is 1.28. The molecule has 2 heterocycles. The van der Waals surface area contributed by atoms with Gasteiger partial charge in [0.2, 0.25) is 0 Å². The Kier molecular flexibility index (Phi) is 3.78. The molecule has 4 amide bonds. The highest BCUT2D eigenvalue weighted by atomic mass is 16.6. The molecular formula is C15H19N5O4. The van der Waals surface area contributed by atoms with E-state index >= 15 is 0 Å². The minimum atomic E-state index is -0.457. The van der Waals surface area contributed by atoms with E-state index in [2.05, 4.69) is 10.6 Å². The van der Waals surface area contributed by atoms with Crippen LogP contribution in [0.4, 0.5) is 15.3 Å². The summed E-state index contributed by atoms with van der Waals surface area (Å²) in [6.07, 6.45) is -0.433. The van der Waals surface area contributed by atoms with Gasteiger partial charge in [0.15, 0.2) is 0 Å². The standard InChI is InChI=1S/C15H19N5O4/c1-8-11-12(9-4-6-10(7-5-9)20(23)24)18(2)15(22)17-13(11)19(3)14(21)16-8/h4-8,11-13H,1-3H3,(H,16,21)(H,17,22)/t8-,11-,12-,13-/m1/s1. The topological polar surface area (TPSA) is 108 Å². The van der Waals surface area contributed by atoms with E-state index in [4.69, 9.17) is 0 Å². The summed E-state index contributed by atoms with van der Waals surface area (Å²) in [5.74, 6) is -0.100. The van der Waals surface area contributed by atoms with Crippen LogP contribution in [-0.2, 0) is 0 Å². The number of fused-ring (bicyclic) bond motifs is 1. The van der Waals surface area contributed by atoms with Crippen molar-refractivity contribution in [3.63, 3.8) is 0 Å². The number of non-ortho nitro benzene ring substituents is 1. The Labute approximate surface area is 138 Å². The van der Waals surface area contributed by atoms with Gasteiger partial charge in [0.25, 0.3) is 5.69 Å². The lowest BCUT2D eigenvalue weighted by atomic mass is 9.81. The van der Waals surface area contributed by atoms with E-state index in [1.54, 1.807) is 31.1 Å². The number of hydrogen-bond acceptors (Lipinski definition) is 4. The maximum absolute atomic E-state index is 12.3. The van der Waals surface area contributed by atoms with Crippen LogP contribution < -0.4 is 10.6 Å². The number of benzene rings is 1. The number of carbonyl (C=O) groups excluding carboxylic acids is 2. The number of carbonyl (C=O) groups is 2. The summed E-state index contributed by atoms with van der Waals surface area (Å²) in [7, 11) is 3.32. The number of urea groups is 2. The van der Waals surface area contributed by atoms with Crippen LogP contribution in [0.25, 0.3) is 0 Å². The van der Waals surface area contributed by atoms with Crippen LogP contribution in [0.15, 0.2) is 24.3 Å². The lowest BCUT2D eigenvalue weighted by Crippen LogP contribution is -2.71. The van der Waals surface area contributed by atoms with E-state index in [1.807, 2.05) is 6.92 Å². The molecule has 128 valence electrons. The van der Waals surface area contributed by atoms with Crippen molar-refractivity contribution in [1.82, 2.24) is 20.4 Å². The summed E-state index contributed by atoms with van der Waals surface area (Å²) < 4.78 is 0. The molecule has 2 aliphatic rings. The monoisotopic (exact) mass is 333 g/mol. The van der Waals surface area contributed by atoms with E-state index in [0.29, 0.717) is 0 Å². The molecule has 2 aliphatic heterocycles. The SMILES string of the molecule is C[C@H]1NC(=O)N(C)[C@H]2NC(=O)N(C)[C@H](c3ccc([N+](=O)[O-])cc3)[C@@H]12. The number of nitro groups is 1. The second-order valence-corrected chi connectivity index (χ2v) is 6.23. The first kappa shape index (κ1) is 16.0. The van der Waals surface area contributed by atoms with E-state index in [1.165, 1.54) is 17.0 Å². The van der Waals surface area contributed by atoms with Crippen molar-refractivity contribution >= 4 is 17.7 Å². The fourth-order valence-electron chi connectivity index (χ4n) is 3.54. The van der Waals surface area contributed by atoms with Gasteiger partial charge in [0.05, 0.1) is 11.0 Å². The Morgan fingerprint density at radius 1 is 1.04 bits per heavy atom. The van der Waals surface area contributed by atoms with Crippen LogP contribution in [0.3, 0.4) is 0 Å². The average Bonchev–Trinajstić information content (AvgIpc) is 2.54. The molecular weight excluding hydrogens is 314 g/mol. The van der Waals surface area contributed by atoms with Crippen LogP contribution in [-0.4, -0.2) is 53.1 Å². The van der Waals surface area contributed by atoms with Crippen LogP contribution in [0.2, 0.25) is 0 Å². The van der Waals surface area contributed by atoms with Gasteiger partial charge in [0.1, 0.15) is 6.17 Å². The number of nitrogens with one attached hydrogen (secondary N) is 2. The zero-order chi connectivity index (χ0) is 17.6. The largest absolute Gasteiger partial charge is 0.335 e. The summed E-state index contributed by atoms with van der Waals surface area (Å²) in [5.41, 5.74) is 0.796. The van der Waals surface area contributed by atoms with Gasteiger partial charge in [0, 0.05) is 38.2 Å². The zero-order valence-corrected chi connectivity index (χ0v) is 13.6. The molecule has 9 heteroatoms. The van der Waals surface area contributed by atoms with E-state index in [0.717, 1.165) is 5.56 Å². The van der Waals surface area contributed by atoms with Crippen LogP contribution in [0, 0.1) is 16.0 Å². The Morgan fingerprint density at radius 2 is 1.62 bits per heavy atom. The maximum Gasteiger partial charge on any atom is 0.319 e. The van der Waals surface area contributed by atoms with Crippen molar-refractivity contribution in [3.8, 4) is 0 Å². The first-order chi connectivity index (χ1) is 11.3. The fraction of sp³-hybridized carbons (Fsp3) is 0.467. The number of nitro benzene ring substituents is 1. The summed E-state index contributed by atoms with van der Waals surface area (Å²) >= 11 is 0. The van der Waals surface area contributed by atoms with Gasteiger partial charge in [-0.1, -0.05) is 12.1 Å². The van der Waals surface area contributed by atoms with E-state index < -0.39 is 11.1 Å². The predicted molar refractivity (Wildman–Crippen MR) is 85.2 cm³/mol. The number of amides is 4. The molecule has 4 atom stereocenters. The van der Waals surface area contributed by atoms with Crippen molar-refractivity contribution in [1.29, 1.82) is 0 Å². The normalized spacial score (nSPS) is 29.6. The molecule has 3 rings (SSSR count). The van der Waals surface area contributed by atoms with Gasteiger partial charge in [-0.15, -0.1) is 0 Å². The third-order valence-electron chi connectivity index (χ3n) is 4.85. The summed E-state index contributed by atoms with van der Waals surface area (Å²) in [6.45, 7) is 1.90. The lowest BCUT2D eigenvalue weighted by molar-refractivity contribution is -0.384. The molecule has 0 unspecified atom stereocenters. The Morgan fingerprint density at radius 3 is 2.21 bits per heavy atom. The number of nitrogens with zero attached hydrogens (tertiary/aromatic N) is 3. The van der Waals surface area contributed by atoms with E-state index in [-0.39, 0.29) is 35.8 Å². The zero-order valence-electron chi connectivity index (χ0n) is 13.6. The van der Waals surface area contributed by atoms with Crippen LogP contribution in [0.1, 0.15) is 18.5 Å². The van der Waals surface area contributed by atoms with Crippen molar-refractivity contribution in [2.24, 2.45) is 5.92 Å². The molecule has 1 aromatic carbocycles. The Hall–Kier alpha value is -2.84. The Balaban J connectivity index is 2.01. The first-order valence-corrected chi connectivity index (χ1v) is 7.62. The molecule has 0 bridgehead atoms. The van der Waals surface area contributed by atoms with Gasteiger partial charge in [-0.2, -0.15) is 0 Å². The maximum atomic E-state index is 12.3. The highest BCUT2D eigenvalue weighted by molar-refractivity contribution is 5.80. The Bertz CT molecular complexity index is 692. The molecule has 9 nitrogen and oxygen atoms in total. The minimum absolute atomic E-state index is 0.000303. The molecule has 0 spiro atoms. The van der Waals surface area contributed by atoms with E-state index in [9.17, 15) is 19.7 Å². The second-order valence-electron chi connectivity index (χ2n) is 6.23. The quantitative estimate of drug-likeness (QED) is 0.628. The van der Waals surface area contributed by atoms with Crippen LogP contribution in [0.5, 0.6) is 0 Å². The molecule has 1 aromatic rings. The van der Waals surface area contributed by atoms with Crippen LogP contribution >= 0.6 is 0 Å². The summed E-state index contributed by atoms with van der Waals surface area (Å²) in [6, 6.07) is 5.20. The molecule has 0 aromatic heterocycles. The molecule has 2 fully saturated rings. The highest BCUT2D eigenvalue weighted by Gasteiger charge is 2.49. The highest BCUT2D eigenvalue weighted by Crippen LogP contribution is 2.38. The molecule has 2 saturated heterocycles. The summed E-state index contributed by atoms with van der Waals surface area (Å²) in [4.78, 5) is 37.7. The van der Waals surface area contributed by atoms with Gasteiger partial charge in [-0.05, 0) is 12.5 Å². The first-order valence-electron chi connectivity index (χ1n) is 7.62. The number of rotatable bonds is 2. The van der Waals surface area contributed by atoms with Gasteiger partial charge >= 0.3 is 12.1 Å². The fourth-order valence-corrected chi connectivity index (χ4v) is 3.54. The molecule has 0 radical (unpaired) electrons. The van der Waals surface area contributed by atoms with Crippen molar-refractivity contribution < 1.29 is 14.5 Å². The third kappa shape index (κ3) is 2.41. The molecule has 0 saturated carbocycles. The molecule has 24 heavy (non-hydrogen) atoms. The minimum Gasteiger partial charge on any atom is -0.335 e. The van der Waals surface area contributed by atoms with Gasteiger partial charge in [-0.25, -0.2) is 9.59 Å². The molecule has 2 N–H and O–H groups in total. The van der Waals surface area contributed by atoms with Crippen molar-refractivity contribution in [3.05, 3.63) is 39.9 Å². The van der Waals surface area contributed by atoms with Crippen molar-refractivity contribution in [2.75, 3.05) is 14.1 Å². The summed E-state index contributed by atoms with van der Waals surface area (Å²) in [5, 5.41) is 16.6. The lowest BCUT2D eigenvalue weighted by Gasteiger charge is -2.52. The number of hydrogen-bond donors (Lipinski definition) is 2. The average molecular weight is 333 g/mol. The van der Waals surface area contributed by atoms with Crippen molar-refractivity contribution in [2.45, 2.75) is 25.2 Å². The van der Waals surface area contributed by atoms with Gasteiger partial charge < -0.3 is 20.4 Å². The molecule has 0 aliphatic carbocycles. The van der Waals surface area contributed by atoms with Gasteiger partial charge in [-0.3, -0.25) is 10.1 Å².